The van der Waals surface area contributed by atoms with Crippen molar-refractivity contribution in [2.24, 2.45) is 5.73 Å². The summed E-state index contributed by atoms with van der Waals surface area (Å²) in [6, 6.07) is 2.10. The van der Waals surface area contributed by atoms with Gasteiger partial charge in [0.2, 0.25) is 0 Å². The van der Waals surface area contributed by atoms with E-state index < -0.39 is 0 Å². The minimum absolute atomic E-state index is 0.299. The molecule has 0 aromatic rings. The molecule has 0 saturated heterocycles. The van der Waals surface area contributed by atoms with Crippen molar-refractivity contribution in [2.45, 2.75) is 0 Å². The molecule has 0 rings (SSSR count). The normalized spacial score (nSPS) is 5.00. The van der Waals surface area contributed by atoms with Gasteiger partial charge in [0.15, 0.2) is 0 Å². The smallest absolute Gasteiger partial charge is 0.125 e. The molecule has 0 aliphatic heterocycles. The van der Waals surface area contributed by atoms with Gasteiger partial charge in [-0.15, -0.1) is 0 Å². The summed E-state index contributed by atoms with van der Waals surface area (Å²) in [7, 11) is 5.06. The third kappa shape index (κ3) is 4.72. The van der Waals surface area contributed by atoms with Crippen molar-refractivity contribution < 1.29 is 0 Å². The molecule has 2 N–H and O–H groups in total. The van der Waals surface area contributed by atoms with Crippen LogP contribution in [0.1, 0.15) is 0 Å². The van der Waals surface area contributed by atoms with E-state index in [1.807, 2.05) is 0 Å². The highest BCUT2D eigenvalue weighted by atomic mass is 14.4. The first-order chi connectivity index (χ1) is 3.77. The van der Waals surface area contributed by atoms with Crippen LogP contribution in [0.25, 0.3) is 0 Å². The summed E-state index contributed by atoms with van der Waals surface area (Å²) in [4.78, 5) is 0. The van der Waals surface area contributed by atoms with Crippen LogP contribution in [-0.4, -0.2) is 7.85 Å². The van der Waals surface area contributed by atoms with Gasteiger partial charge in [0.1, 0.15) is 7.85 Å². The molecule has 2 radical (unpaired) electrons. The topological polar surface area (TPSA) is 26.0 Å². The highest BCUT2D eigenvalue weighted by molar-refractivity contribution is 6.24. The highest BCUT2D eigenvalue weighted by Crippen LogP contribution is 1.70. The number of hydrogen-bond donors (Lipinski definition) is 1. The standard InChI is InChI=1S/C6H4BN/c1-6(7)4-2-3-5-8/h1,8H2. The molecule has 0 bridgehead atoms. The first-order valence-corrected chi connectivity index (χ1v) is 1.93. The lowest BCUT2D eigenvalue weighted by Gasteiger charge is -1.70. The Kier molecular flexibility index (Phi) is 3.28. The van der Waals surface area contributed by atoms with Crippen molar-refractivity contribution in [2.75, 3.05) is 0 Å². The van der Waals surface area contributed by atoms with Crippen LogP contribution in [0.3, 0.4) is 0 Å². The summed E-state index contributed by atoms with van der Waals surface area (Å²) in [5, 5.41) is 0. The van der Waals surface area contributed by atoms with E-state index in [1.54, 1.807) is 0 Å². The van der Waals surface area contributed by atoms with Gasteiger partial charge in [0.05, 0.1) is 0 Å². The minimum atomic E-state index is 0.299. The van der Waals surface area contributed by atoms with Crippen molar-refractivity contribution in [3.8, 4) is 23.8 Å². The zero-order chi connectivity index (χ0) is 6.41. The third-order valence-corrected chi connectivity index (χ3v) is 0.358. The molecule has 0 amide bonds. The average Bonchev–Trinajstić information content (AvgIpc) is 1.66. The molecule has 0 aliphatic carbocycles. The quantitative estimate of drug-likeness (QED) is 0.250. The van der Waals surface area contributed by atoms with Crippen LogP contribution in [0, 0.1) is 23.8 Å². The summed E-state index contributed by atoms with van der Waals surface area (Å²) in [5.41, 5.74) is 5.08. The molecular weight excluding hydrogens is 96.9 g/mol. The van der Waals surface area contributed by atoms with E-state index in [4.69, 9.17) is 13.6 Å². The number of rotatable bonds is 0. The zero-order valence-corrected chi connectivity index (χ0v) is 4.36. The van der Waals surface area contributed by atoms with Crippen molar-refractivity contribution in [1.82, 2.24) is 0 Å². The Morgan fingerprint density at radius 3 is 2.50 bits per heavy atom. The van der Waals surface area contributed by atoms with E-state index in [0.717, 1.165) is 0 Å². The van der Waals surface area contributed by atoms with Gasteiger partial charge < -0.3 is 5.73 Å². The van der Waals surface area contributed by atoms with Crippen molar-refractivity contribution in [3.63, 3.8) is 0 Å². The fourth-order valence-electron chi connectivity index (χ4n) is 0.148. The molecule has 0 unspecified atom stereocenters. The maximum Gasteiger partial charge on any atom is 0.125 e. The second kappa shape index (κ2) is 3.90. The highest BCUT2D eigenvalue weighted by Gasteiger charge is 1.64. The molecule has 0 aromatic heterocycles. The molecule has 0 aromatic carbocycles. The molecule has 0 fully saturated rings. The largest absolute Gasteiger partial charge is 0.359 e. The fourth-order valence-corrected chi connectivity index (χ4v) is 0.148. The predicted octanol–water partition coefficient (Wildman–Crippen LogP) is -0.408. The van der Waals surface area contributed by atoms with E-state index in [2.05, 4.69) is 30.4 Å². The minimum Gasteiger partial charge on any atom is -0.359 e. The molecule has 8 heavy (non-hydrogen) atoms. The van der Waals surface area contributed by atoms with Crippen molar-refractivity contribution in [3.05, 3.63) is 12.1 Å². The Hall–Kier alpha value is -1.28. The summed E-state index contributed by atoms with van der Waals surface area (Å²) in [6.07, 6.45) is 0. The molecule has 1 nitrogen and oxygen atoms in total. The van der Waals surface area contributed by atoms with Crippen molar-refractivity contribution in [1.29, 1.82) is 0 Å². The first kappa shape index (κ1) is 6.72. The number of allylic oxidation sites excluding steroid dienone is 1. The van der Waals surface area contributed by atoms with Gasteiger partial charge in [0, 0.05) is 12.0 Å². The lowest BCUT2D eigenvalue weighted by atomic mass is 9.99. The second-order valence-corrected chi connectivity index (χ2v) is 1.04. The van der Waals surface area contributed by atoms with Crippen LogP contribution in [0.15, 0.2) is 12.1 Å². The Morgan fingerprint density at radius 1 is 1.50 bits per heavy atom. The Balaban J connectivity index is 3.81. The monoisotopic (exact) mass is 101 g/mol. The van der Waals surface area contributed by atoms with Gasteiger partial charge in [-0.05, 0) is 5.92 Å². The van der Waals surface area contributed by atoms with Crippen LogP contribution in [0.2, 0.25) is 0 Å². The molecule has 0 heterocycles. The lowest BCUT2D eigenvalue weighted by molar-refractivity contribution is 1.75. The molecule has 2 heteroatoms. The zero-order valence-electron chi connectivity index (χ0n) is 4.36. The molecular formula is C6H4BN. The van der Waals surface area contributed by atoms with Crippen LogP contribution >= 0.6 is 0 Å². The van der Waals surface area contributed by atoms with E-state index in [0.29, 0.717) is 5.47 Å². The Bertz CT molecular complexity index is 196. The van der Waals surface area contributed by atoms with Gasteiger partial charge in [-0.25, -0.2) is 0 Å². The molecule has 36 valence electrons. The van der Waals surface area contributed by atoms with Gasteiger partial charge in [0.25, 0.3) is 0 Å². The fraction of sp³-hybridized carbons (Fsp3) is 0. The van der Waals surface area contributed by atoms with E-state index in [1.165, 1.54) is 0 Å². The first-order valence-electron chi connectivity index (χ1n) is 1.93. The number of nitrogens with two attached hydrogens (primary N) is 1. The summed E-state index contributed by atoms with van der Waals surface area (Å²) in [6.45, 7) is 3.32. The predicted molar refractivity (Wildman–Crippen MR) is 34.6 cm³/mol. The summed E-state index contributed by atoms with van der Waals surface area (Å²) >= 11 is 0. The van der Waals surface area contributed by atoms with Crippen LogP contribution in [-0.2, 0) is 0 Å². The molecule has 0 saturated carbocycles. The van der Waals surface area contributed by atoms with E-state index >= 15 is 0 Å². The van der Waals surface area contributed by atoms with E-state index in [9.17, 15) is 0 Å². The van der Waals surface area contributed by atoms with Crippen molar-refractivity contribution >= 4 is 7.85 Å². The molecule has 0 spiro atoms. The third-order valence-electron chi connectivity index (χ3n) is 0.358. The van der Waals surface area contributed by atoms with Gasteiger partial charge in [-0.2, -0.15) is 0 Å². The van der Waals surface area contributed by atoms with Crippen LogP contribution < -0.4 is 5.73 Å². The maximum absolute atomic E-state index is 5.06. The Morgan fingerprint density at radius 2 is 2.12 bits per heavy atom. The van der Waals surface area contributed by atoms with Crippen LogP contribution in [0.4, 0.5) is 0 Å². The second-order valence-electron chi connectivity index (χ2n) is 1.04. The molecule has 0 aliphatic rings. The van der Waals surface area contributed by atoms with Gasteiger partial charge in [-0.3, -0.25) is 0 Å². The lowest BCUT2D eigenvalue weighted by Crippen LogP contribution is -1.74. The average molecular weight is 101 g/mol. The molecule has 0 atom stereocenters. The van der Waals surface area contributed by atoms with E-state index in [-0.39, 0.29) is 0 Å². The maximum atomic E-state index is 5.06. The summed E-state index contributed by atoms with van der Waals surface area (Å²) in [5.74, 6) is 7.11. The Labute approximate surface area is 50.4 Å². The summed E-state index contributed by atoms with van der Waals surface area (Å²) < 4.78 is 0. The SMILES string of the molecule is [B]C(=C)C#CC#CN. The van der Waals surface area contributed by atoms with Gasteiger partial charge >= 0.3 is 0 Å². The van der Waals surface area contributed by atoms with Crippen LogP contribution in [0.5, 0.6) is 0 Å². The number of hydrogen-bond acceptors (Lipinski definition) is 1. The van der Waals surface area contributed by atoms with Gasteiger partial charge in [-0.1, -0.05) is 18.0 Å².